The molecular formula is C25H33N5O3. The van der Waals surface area contributed by atoms with Crippen molar-refractivity contribution in [1.82, 2.24) is 0 Å². The van der Waals surface area contributed by atoms with Crippen LogP contribution in [-0.2, 0) is 14.4 Å². The summed E-state index contributed by atoms with van der Waals surface area (Å²) in [6.45, 7) is 3.99. The van der Waals surface area contributed by atoms with Crippen molar-refractivity contribution < 1.29 is 14.4 Å². The van der Waals surface area contributed by atoms with Crippen molar-refractivity contribution in [2.75, 3.05) is 27.0 Å². The Morgan fingerprint density at radius 2 is 1.61 bits per heavy atom. The lowest BCUT2D eigenvalue weighted by Crippen LogP contribution is -2.42. The lowest BCUT2D eigenvalue weighted by Gasteiger charge is -2.29. The van der Waals surface area contributed by atoms with E-state index in [0.717, 1.165) is 31.4 Å². The topological polar surface area (TPSA) is 125 Å². The standard InChI is InChI=1S/C25H33N5O3/c1-16(2)24-25(33)30-21-15-17(13-14-20(21)29-24)27-22(31)11-5-3-4-6-12-23(32)28-19-10-8-7-9-18(19)26/h7-10,13-16,24,29H,3-6,11-12,26H2,1-2H3,(H,27,31)(H,28,32)(H,30,33)/t24-/m0/s1. The number of para-hydroxylation sites is 2. The van der Waals surface area contributed by atoms with Gasteiger partial charge in [0.1, 0.15) is 6.04 Å². The summed E-state index contributed by atoms with van der Waals surface area (Å²) in [4.78, 5) is 36.5. The fourth-order valence-electron chi connectivity index (χ4n) is 3.74. The molecule has 2 aromatic rings. The molecule has 0 unspecified atom stereocenters. The van der Waals surface area contributed by atoms with Crippen LogP contribution in [0.1, 0.15) is 52.4 Å². The van der Waals surface area contributed by atoms with Crippen LogP contribution in [0.2, 0.25) is 0 Å². The van der Waals surface area contributed by atoms with Crippen LogP contribution in [0.3, 0.4) is 0 Å². The summed E-state index contributed by atoms with van der Waals surface area (Å²) in [6, 6.07) is 12.4. The van der Waals surface area contributed by atoms with Gasteiger partial charge in [-0.05, 0) is 49.1 Å². The van der Waals surface area contributed by atoms with E-state index >= 15 is 0 Å². The van der Waals surface area contributed by atoms with Gasteiger partial charge in [-0.15, -0.1) is 0 Å². The van der Waals surface area contributed by atoms with E-state index in [0.29, 0.717) is 35.6 Å². The number of nitrogen functional groups attached to an aromatic ring is 1. The smallest absolute Gasteiger partial charge is 0.247 e. The maximum absolute atomic E-state index is 12.3. The molecule has 6 N–H and O–H groups in total. The molecule has 0 spiro atoms. The molecule has 33 heavy (non-hydrogen) atoms. The second-order valence-electron chi connectivity index (χ2n) is 8.71. The maximum atomic E-state index is 12.3. The zero-order valence-electron chi connectivity index (χ0n) is 19.2. The van der Waals surface area contributed by atoms with E-state index < -0.39 is 0 Å². The number of benzene rings is 2. The largest absolute Gasteiger partial charge is 0.397 e. The van der Waals surface area contributed by atoms with Gasteiger partial charge in [-0.3, -0.25) is 14.4 Å². The van der Waals surface area contributed by atoms with Crippen LogP contribution in [0.5, 0.6) is 0 Å². The molecule has 8 heteroatoms. The van der Waals surface area contributed by atoms with Crippen LogP contribution in [0.25, 0.3) is 0 Å². The Kier molecular flexibility index (Phi) is 8.29. The molecule has 3 amide bonds. The number of carbonyl (C=O) groups is 3. The van der Waals surface area contributed by atoms with Gasteiger partial charge in [-0.1, -0.05) is 38.8 Å². The third-order valence-electron chi connectivity index (χ3n) is 5.61. The first-order valence-electron chi connectivity index (χ1n) is 11.5. The molecule has 3 rings (SSSR count). The van der Waals surface area contributed by atoms with E-state index in [1.165, 1.54) is 0 Å². The summed E-state index contributed by atoms with van der Waals surface area (Å²) in [5.41, 5.74) is 9.19. The minimum atomic E-state index is -0.263. The monoisotopic (exact) mass is 451 g/mol. The van der Waals surface area contributed by atoms with Crippen molar-refractivity contribution in [3.05, 3.63) is 42.5 Å². The highest BCUT2D eigenvalue weighted by atomic mass is 16.2. The summed E-state index contributed by atoms with van der Waals surface area (Å²) >= 11 is 0. The fraction of sp³-hybridized carbons (Fsp3) is 0.400. The Bertz CT molecular complexity index is 1010. The third-order valence-corrected chi connectivity index (χ3v) is 5.61. The van der Waals surface area contributed by atoms with Crippen LogP contribution in [0.15, 0.2) is 42.5 Å². The number of fused-ring (bicyclic) bond motifs is 1. The van der Waals surface area contributed by atoms with Gasteiger partial charge in [0, 0.05) is 18.5 Å². The molecule has 0 aromatic heterocycles. The van der Waals surface area contributed by atoms with Crippen molar-refractivity contribution in [3.63, 3.8) is 0 Å². The molecule has 1 atom stereocenters. The molecule has 0 aliphatic carbocycles. The second-order valence-corrected chi connectivity index (χ2v) is 8.71. The van der Waals surface area contributed by atoms with E-state index in [2.05, 4.69) is 21.3 Å². The number of hydrogen-bond acceptors (Lipinski definition) is 5. The van der Waals surface area contributed by atoms with Crippen molar-refractivity contribution >= 4 is 46.2 Å². The average Bonchev–Trinajstić information content (AvgIpc) is 2.77. The molecule has 8 nitrogen and oxygen atoms in total. The SMILES string of the molecule is CC(C)[C@@H]1Nc2ccc(NC(=O)CCCCCCC(=O)Nc3ccccc3N)cc2NC1=O. The van der Waals surface area contributed by atoms with Gasteiger partial charge in [-0.25, -0.2) is 0 Å². The van der Waals surface area contributed by atoms with E-state index in [9.17, 15) is 14.4 Å². The predicted octanol–water partition coefficient (Wildman–Crippen LogP) is 4.58. The quantitative estimate of drug-likeness (QED) is 0.267. The first kappa shape index (κ1) is 24.1. The summed E-state index contributed by atoms with van der Waals surface area (Å²) in [5, 5.41) is 11.9. The van der Waals surface area contributed by atoms with Crippen LogP contribution in [0.4, 0.5) is 28.4 Å². The molecule has 0 radical (unpaired) electrons. The van der Waals surface area contributed by atoms with E-state index in [-0.39, 0.29) is 29.7 Å². The number of rotatable bonds is 10. The van der Waals surface area contributed by atoms with Crippen LogP contribution in [-0.4, -0.2) is 23.8 Å². The first-order chi connectivity index (χ1) is 15.8. The van der Waals surface area contributed by atoms with E-state index in [1.54, 1.807) is 18.2 Å². The zero-order chi connectivity index (χ0) is 23.8. The summed E-state index contributed by atoms with van der Waals surface area (Å²) in [7, 11) is 0. The molecule has 0 bridgehead atoms. The minimum Gasteiger partial charge on any atom is -0.397 e. The Labute approximate surface area is 194 Å². The molecule has 0 fully saturated rings. The van der Waals surface area contributed by atoms with Gasteiger partial charge in [0.15, 0.2) is 0 Å². The highest BCUT2D eigenvalue weighted by Crippen LogP contribution is 2.31. The lowest BCUT2D eigenvalue weighted by atomic mass is 10.0. The zero-order valence-corrected chi connectivity index (χ0v) is 19.2. The molecule has 1 heterocycles. The van der Waals surface area contributed by atoms with Crippen LogP contribution < -0.4 is 27.0 Å². The van der Waals surface area contributed by atoms with Gasteiger partial charge in [0.2, 0.25) is 17.7 Å². The Hall–Kier alpha value is -3.55. The Morgan fingerprint density at radius 1 is 0.939 bits per heavy atom. The van der Waals surface area contributed by atoms with Crippen molar-refractivity contribution in [2.45, 2.75) is 58.4 Å². The second kappa shape index (κ2) is 11.4. The van der Waals surface area contributed by atoms with Crippen molar-refractivity contribution in [1.29, 1.82) is 0 Å². The molecular weight excluding hydrogens is 418 g/mol. The van der Waals surface area contributed by atoms with Crippen LogP contribution in [0, 0.1) is 5.92 Å². The Morgan fingerprint density at radius 3 is 2.27 bits per heavy atom. The molecule has 0 saturated heterocycles. The number of nitrogens with one attached hydrogen (secondary N) is 4. The molecule has 0 saturated carbocycles. The van der Waals surface area contributed by atoms with E-state index in [4.69, 9.17) is 5.73 Å². The summed E-state index contributed by atoms with van der Waals surface area (Å²) in [5.74, 6) is -0.0155. The molecule has 176 valence electrons. The van der Waals surface area contributed by atoms with Crippen LogP contribution >= 0.6 is 0 Å². The van der Waals surface area contributed by atoms with Gasteiger partial charge in [0.25, 0.3) is 0 Å². The van der Waals surface area contributed by atoms with Crippen molar-refractivity contribution in [2.24, 2.45) is 5.92 Å². The minimum absolute atomic E-state index is 0.0562. The lowest BCUT2D eigenvalue weighted by molar-refractivity contribution is -0.118. The number of carbonyl (C=O) groups excluding carboxylic acids is 3. The predicted molar refractivity (Wildman–Crippen MR) is 133 cm³/mol. The number of amides is 3. The van der Waals surface area contributed by atoms with Gasteiger partial charge >= 0.3 is 0 Å². The molecule has 2 aromatic carbocycles. The van der Waals surface area contributed by atoms with Gasteiger partial charge in [0.05, 0.1) is 22.7 Å². The Balaban J connectivity index is 1.33. The number of hydrogen-bond donors (Lipinski definition) is 5. The molecule has 1 aliphatic rings. The fourth-order valence-corrected chi connectivity index (χ4v) is 3.74. The summed E-state index contributed by atoms with van der Waals surface area (Å²) < 4.78 is 0. The van der Waals surface area contributed by atoms with Crippen molar-refractivity contribution in [3.8, 4) is 0 Å². The normalized spacial score (nSPS) is 14.8. The highest BCUT2D eigenvalue weighted by Gasteiger charge is 2.27. The highest BCUT2D eigenvalue weighted by molar-refractivity contribution is 6.04. The number of anilines is 5. The molecule has 1 aliphatic heterocycles. The first-order valence-corrected chi connectivity index (χ1v) is 11.5. The summed E-state index contributed by atoms with van der Waals surface area (Å²) in [6.07, 6.45) is 4.08. The number of unbranched alkanes of at least 4 members (excludes halogenated alkanes) is 3. The maximum Gasteiger partial charge on any atom is 0.247 e. The number of nitrogens with two attached hydrogens (primary N) is 1. The van der Waals surface area contributed by atoms with Gasteiger partial charge < -0.3 is 27.0 Å². The average molecular weight is 452 g/mol. The van der Waals surface area contributed by atoms with Gasteiger partial charge in [-0.2, -0.15) is 0 Å². The van der Waals surface area contributed by atoms with E-state index in [1.807, 2.05) is 38.1 Å². The third kappa shape index (κ3) is 6.97.